The van der Waals surface area contributed by atoms with E-state index in [1.807, 2.05) is 6.92 Å². The van der Waals surface area contributed by atoms with E-state index in [4.69, 9.17) is 5.11 Å². The highest BCUT2D eigenvalue weighted by atomic mass is 16.3. The van der Waals surface area contributed by atoms with E-state index < -0.39 is 0 Å². The van der Waals surface area contributed by atoms with Gasteiger partial charge in [-0.25, -0.2) is 0 Å². The van der Waals surface area contributed by atoms with Crippen LogP contribution in [0.1, 0.15) is 53.9 Å². The van der Waals surface area contributed by atoms with Crippen LogP contribution in [-0.4, -0.2) is 35.7 Å². The zero-order valence-electron chi connectivity index (χ0n) is 11.4. The van der Waals surface area contributed by atoms with Crippen LogP contribution in [0.15, 0.2) is 0 Å². The number of nitrogens with zero attached hydrogens (tertiary/aromatic N) is 1. The van der Waals surface area contributed by atoms with Crippen molar-refractivity contribution in [3.05, 3.63) is 0 Å². The van der Waals surface area contributed by atoms with Gasteiger partial charge in [0.15, 0.2) is 0 Å². The van der Waals surface area contributed by atoms with E-state index in [0.29, 0.717) is 11.5 Å². The highest BCUT2D eigenvalue weighted by molar-refractivity contribution is 4.77. The largest absolute Gasteiger partial charge is 0.393 e. The van der Waals surface area contributed by atoms with Crippen molar-refractivity contribution < 1.29 is 5.11 Å². The predicted molar refractivity (Wildman–Crippen MR) is 67.1 cm³/mol. The van der Waals surface area contributed by atoms with E-state index in [0.717, 1.165) is 19.4 Å². The molecular formula is C13H29NO. The van der Waals surface area contributed by atoms with Gasteiger partial charge in [0.2, 0.25) is 0 Å². The molecule has 0 aliphatic rings. The summed E-state index contributed by atoms with van der Waals surface area (Å²) in [6, 6.07) is 0.601. The van der Waals surface area contributed by atoms with Gasteiger partial charge in [0.05, 0.1) is 6.10 Å². The second-order valence-corrected chi connectivity index (χ2v) is 5.87. The molecule has 0 aromatic heterocycles. The summed E-state index contributed by atoms with van der Waals surface area (Å²) in [4.78, 5) is 2.42. The first kappa shape index (κ1) is 14.9. The number of hydrogen-bond acceptors (Lipinski definition) is 2. The Balaban J connectivity index is 3.70. The molecule has 0 radical (unpaired) electrons. The topological polar surface area (TPSA) is 23.5 Å². The zero-order chi connectivity index (χ0) is 12.1. The maximum atomic E-state index is 9.14. The van der Waals surface area contributed by atoms with E-state index in [9.17, 15) is 0 Å². The van der Waals surface area contributed by atoms with Gasteiger partial charge < -0.3 is 10.0 Å². The summed E-state index contributed by atoms with van der Waals surface area (Å²) in [5, 5.41) is 9.14. The van der Waals surface area contributed by atoms with Crippen LogP contribution in [0.25, 0.3) is 0 Å². The minimum atomic E-state index is -0.143. The Kier molecular flexibility index (Phi) is 6.46. The molecule has 2 heteroatoms. The predicted octanol–water partition coefficient (Wildman–Crippen LogP) is 2.90. The molecule has 0 spiro atoms. The monoisotopic (exact) mass is 215 g/mol. The fraction of sp³-hybridized carbons (Fsp3) is 1.00. The number of unbranched alkanes of at least 4 members (excludes halogenated alkanes) is 1. The van der Waals surface area contributed by atoms with Crippen LogP contribution in [0.2, 0.25) is 0 Å². The van der Waals surface area contributed by atoms with Gasteiger partial charge in [-0.2, -0.15) is 0 Å². The quantitative estimate of drug-likeness (QED) is 0.689. The van der Waals surface area contributed by atoms with E-state index in [-0.39, 0.29) is 6.10 Å². The zero-order valence-corrected chi connectivity index (χ0v) is 11.4. The first-order chi connectivity index (χ1) is 6.75. The van der Waals surface area contributed by atoms with Crippen LogP contribution in [0.3, 0.4) is 0 Å². The van der Waals surface area contributed by atoms with Crippen molar-refractivity contribution in [2.45, 2.75) is 66.0 Å². The Morgan fingerprint density at radius 2 is 1.67 bits per heavy atom. The minimum absolute atomic E-state index is 0.143. The van der Waals surface area contributed by atoms with E-state index >= 15 is 0 Å². The molecule has 0 amide bonds. The third kappa shape index (κ3) is 6.91. The minimum Gasteiger partial charge on any atom is -0.393 e. The lowest BCUT2D eigenvalue weighted by Crippen LogP contribution is -2.39. The van der Waals surface area contributed by atoms with Crippen LogP contribution in [0, 0.1) is 5.41 Å². The summed E-state index contributed by atoms with van der Waals surface area (Å²) < 4.78 is 0. The van der Waals surface area contributed by atoms with Crippen molar-refractivity contribution in [3.8, 4) is 0 Å². The van der Waals surface area contributed by atoms with Crippen molar-refractivity contribution in [1.82, 2.24) is 4.90 Å². The van der Waals surface area contributed by atoms with Gasteiger partial charge in [0, 0.05) is 6.04 Å². The van der Waals surface area contributed by atoms with E-state index in [2.05, 4.69) is 39.6 Å². The molecule has 0 saturated carbocycles. The standard InChI is InChI=1S/C13H29NO/c1-11(15)9-7-8-10-14(6)12(2)13(3,4)5/h11-12,15H,7-10H2,1-6H3. The molecule has 92 valence electrons. The fourth-order valence-corrected chi connectivity index (χ4v) is 1.66. The summed E-state index contributed by atoms with van der Waals surface area (Å²) in [5.74, 6) is 0. The average Bonchev–Trinajstić information content (AvgIpc) is 2.09. The Morgan fingerprint density at radius 1 is 1.13 bits per heavy atom. The maximum Gasteiger partial charge on any atom is 0.0512 e. The van der Waals surface area contributed by atoms with Crippen molar-refractivity contribution >= 4 is 0 Å². The van der Waals surface area contributed by atoms with Crippen LogP contribution in [-0.2, 0) is 0 Å². The molecule has 15 heavy (non-hydrogen) atoms. The average molecular weight is 215 g/mol. The van der Waals surface area contributed by atoms with Gasteiger partial charge in [0.25, 0.3) is 0 Å². The highest BCUT2D eigenvalue weighted by Gasteiger charge is 2.23. The third-order valence-electron chi connectivity index (χ3n) is 3.30. The van der Waals surface area contributed by atoms with Gasteiger partial charge in [-0.3, -0.25) is 0 Å². The molecule has 0 heterocycles. The van der Waals surface area contributed by atoms with Gasteiger partial charge in [-0.15, -0.1) is 0 Å². The van der Waals surface area contributed by atoms with Crippen molar-refractivity contribution in [1.29, 1.82) is 0 Å². The molecule has 0 aromatic carbocycles. The molecule has 1 N–H and O–H groups in total. The molecule has 0 fully saturated rings. The third-order valence-corrected chi connectivity index (χ3v) is 3.30. The second kappa shape index (κ2) is 6.49. The van der Waals surface area contributed by atoms with Crippen LogP contribution in [0.4, 0.5) is 0 Å². The number of hydrogen-bond donors (Lipinski definition) is 1. The summed E-state index contributed by atoms with van der Waals surface area (Å²) in [6.07, 6.45) is 3.09. The Bertz CT molecular complexity index is 160. The first-order valence-electron chi connectivity index (χ1n) is 6.13. The van der Waals surface area contributed by atoms with E-state index in [1.165, 1.54) is 6.42 Å². The summed E-state index contributed by atoms with van der Waals surface area (Å²) >= 11 is 0. The molecule has 0 rings (SSSR count). The Hall–Kier alpha value is -0.0800. The van der Waals surface area contributed by atoms with E-state index in [1.54, 1.807) is 0 Å². The lowest BCUT2D eigenvalue weighted by molar-refractivity contribution is 0.134. The summed E-state index contributed by atoms with van der Waals surface area (Å²) in [5.41, 5.74) is 0.346. The van der Waals surface area contributed by atoms with Gasteiger partial charge >= 0.3 is 0 Å². The smallest absolute Gasteiger partial charge is 0.0512 e. The molecule has 0 aliphatic heterocycles. The lowest BCUT2D eigenvalue weighted by atomic mass is 9.87. The number of aliphatic hydroxyl groups is 1. The molecule has 0 aliphatic carbocycles. The van der Waals surface area contributed by atoms with Gasteiger partial charge in [-0.1, -0.05) is 20.8 Å². The molecule has 0 saturated heterocycles. The number of aliphatic hydroxyl groups excluding tert-OH is 1. The molecule has 2 atom stereocenters. The fourth-order valence-electron chi connectivity index (χ4n) is 1.66. The van der Waals surface area contributed by atoms with Gasteiger partial charge in [0.1, 0.15) is 0 Å². The van der Waals surface area contributed by atoms with Gasteiger partial charge in [-0.05, 0) is 52.1 Å². The van der Waals surface area contributed by atoms with Crippen molar-refractivity contribution in [2.75, 3.05) is 13.6 Å². The molecule has 2 unspecified atom stereocenters. The number of rotatable bonds is 6. The molecule has 0 bridgehead atoms. The molecule has 0 aromatic rings. The molecule has 2 nitrogen and oxygen atoms in total. The highest BCUT2D eigenvalue weighted by Crippen LogP contribution is 2.23. The van der Waals surface area contributed by atoms with Crippen molar-refractivity contribution in [3.63, 3.8) is 0 Å². The second-order valence-electron chi connectivity index (χ2n) is 5.87. The van der Waals surface area contributed by atoms with Crippen LogP contribution < -0.4 is 0 Å². The van der Waals surface area contributed by atoms with Crippen LogP contribution in [0.5, 0.6) is 0 Å². The first-order valence-corrected chi connectivity index (χ1v) is 6.13. The normalized spacial score (nSPS) is 16.8. The SMILES string of the molecule is CC(O)CCCCN(C)C(C)C(C)(C)C. The Morgan fingerprint density at radius 3 is 2.07 bits per heavy atom. The Labute approximate surface area is 95.7 Å². The van der Waals surface area contributed by atoms with Crippen molar-refractivity contribution in [2.24, 2.45) is 5.41 Å². The summed E-state index contributed by atoms with van der Waals surface area (Å²) in [7, 11) is 2.19. The van der Waals surface area contributed by atoms with Crippen LogP contribution >= 0.6 is 0 Å². The summed E-state index contributed by atoms with van der Waals surface area (Å²) in [6.45, 7) is 12.1. The maximum absolute atomic E-state index is 9.14. The lowest BCUT2D eigenvalue weighted by Gasteiger charge is -2.35. The molecular weight excluding hydrogens is 186 g/mol.